The summed E-state index contributed by atoms with van der Waals surface area (Å²) in [5.41, 5.74) is 13.5. The lowest BCUT2D eigenvalue weighted by atomic mass is 9.94. The van der Waals surface area contributed by atoms with Gasteiger partial charge in [-0.25, -0.2) is 0 Å². The molecule has 0 aliphatic rings. The average Bonchev–Trinajstić information content (AvgIpc) is 3.99. The number of fused-ring (bicyclic) bond motifs is 9. The van der Waals surface area contributed by atoms with Crippen molar-refractivity contribution in [3.05, 3.63) is 200 Å². The van der Waals surface area contributed by atoms with Crippen molar-refractivity contribution in [2.24, 2.45) is 0 Å². The van der Waals surface area contributed by atoms with E-state index in [1.165, 1.54) is 31.3 Å². The van der Waals surface area contributed by atoms with E-state index in [0.717, 1.165) is 83.2 Å². The summed E-state index contributed by atoms with van der Waals surface area (Å²) >= 11 is 1.86. The van der Waals surface area contributed by atoms with Crippen LogP contribution in [0.4, 0.5) is 17.1 Å². The van der Waals surface area contributed by atoms with Crippen LogP contribution in [-0.2, 0) is 0 Å². The molecule has 0 fully saturated rings. The van der Waals surface area contributed by atoms with E-state index in [1.54, 1.807) is 0 Å². The zero-order chi connectivity index (χ0) is 38.2. The second-order valence-corrected chi connectivity index (χ2v) is 15.8. The van der Waals surface area contributed by atoms with Gasteiger partial charge in [-0.15, -0.1) is 11.3 Å². The van der Waals surface area contributed by atoms with Crippen LogP contribution in [0.25, 0.3) is 97.4 Å². The number of furan rings is 2. The first-order valence-electron chi connectivity index (χ1n) is 19.6. The molecule has 9 aromatic carbocycles. The maximum absolute atomic E-state index is 6.89. The highest BCUT2D eigenvalue weighted by molar-refractivity contribution is 7.26. The fraction of sp³-hybridized carbons (Fsp3) is 0. The van der Waals surface area contributed by atoms with Gasteiger partial charge in [0.05, 0.1) is 5.69 Å². The van der Waals surface area contributed by atoms with Crippen LogP contribution in [0.2, 0.25) is 0 Å². The molecule has 0 N–H and O–H groups in total. The number of rotatable bonds is 6. The van der Waals surface area contributed by atoms with Crippen molar-refractivity contribution in [2.75, 3.05) is 4.90 Å². The first-order chi connectivity index (χ1) is 28.8. The topological polar surface area (TPSA) is 29.5 Å². The maximum Gasteiger partial charge on any atom is 0.143 e. The molecule has 0 spiro atoms. The van der Waals surface area contributed by atoms with Gasteiger partial charge in [0, 0.05) is 64.7 Å². The van der Waals surface area contributed by atoms with Crippen LogP contribution >= 0.6 is 11.3 Å². The van der Waals surface area contributed by atoms with Crippen LogP contribution in [0.5, 0.6) is 0 Å². The molecule has 0 saturated heterocycles. The number of hydrogen-bond donors (Lipinski definition) is 0. The lowest BCUT2D eigenvalue weighted by Gasteiger charge is -2.27. The summed E-state index contributed by atoms with van der Waals surface area (Å²) in [4.78, 5) is 2.41. The first-order valence-corrected chi connectivity index (χ1v) is 20.4. The van der Waals surface area contributed by atoms with E-state index in [4.69, 9.17) is 8.83 Å². The number of anilines is 3. The Morgan fingerprint density at radius 2 is 0.931 bits per heavy atom. The van der Waals surface area contributed by atoms with E-state index in [-0.39, 0.29) is 0 Å². The molecule has 0 saturated carbocycles. The fourth-order valence-corrected chi connectivity index (χ4v) is 10.1. The van der Waals surface area contributed by atoms with Crippen LogP contribution in [0.1, 0.15) is 0 Å². The molecule has 3 heterocycles. The third-order valence-electron chi connectivity index (χ3n) is 11.5. The third-order valence-corrected chi connectivity index (χ3v) is 12.7. The second-order valence-electron chi connectivity index (χ2n) is 14.8. The number of thiophene rings is 1. The van der Waals surface area contributed by atoms with Gasteiger partial charge in [0.25, 0.3) is 0 Å². The van der Waals surface area contributed by atoms with Gasteiger partial charge in [0.2, 0.25) is 0 Å². The van der Waals surface area contributed by atoms with E-state index in [2.05, 4.69) is 193 Å². The van der Waals surface area contributed by atoms with Crippen molar-refractivity contribution in [3.63, 3.8) is 0 Å². The van der Waals surface area contributed by atoms with Crippen molar-refractivity contribution < 1.29 is 8.83 Å². The molecule has 4 heteroatoms. The van der Waals surface area contributed by atoms with Crippen molar-refractivity contribution in [2.45, 2.75) is 0 Å². The molecule has 0 aliphatic carbocycles. The van der Waals surface area contributed by atoms with E-state index in [0.29, 0.717) is 0 Å². The lowest BCUT2D eigenvalue weighted by Crippen LogP contribution is -2.10. The van der Waals surface area contributed by atoms with Crippen molar-refractivity contribution in [1.82, 2.24) is 0 Å². The molecule has 12 aromatic rings. The molecule has 3 aromatic heterocycles. The molecule has 0 radical (unpaired) electrons. The normalized spacial score (nSPS) is 11.8. The third kappa shape index (κ3) is 5.12. The molecular weight excluding hydrogens is 727 g/mol. The Morgan fingerprint density at radius 1 is 0.362 bits per heavy atom. The molecule has 0 amide bonds. The maximum atomic E-state index is 6.89. The minimum atomic E-state index is 0.845. The largest absolute Gasteiger partial charge is 0.456 e. The van der Waals surface area contributed by atoms with Crippen molar-refractivity contribution in [3.8, 4) is 33.4 Å². The Hall–Kier alpha value is -7.40. The van der Waals surface area contributed by atoms with Gasteiger partial charge in [-0.1, -0.05) is 140 Å². The summed E-state index contributed by atoms with van der Waals surface area (Å²) in [6, 6.07) is 71.3. The fourth-order valence-electron chi connectivity index (χ4n) is 8.83. The Balaban J connectivity index is 1.17. The molecular formula is C54H33NO2S. The minimum absolute atomic E-state index is 0.845. The van der Waals surface area contributed by atoms with E-state index >= 15 is 0 Å². The van der Waals surface area contributed by atoms with E-state index in [1.807, 2.05) is 23.5 Å². The highest BCUT2D eigenvalue weighted by Gasteiger charge is 2.24. The van der Waals surface area contributed by atoms with E-state index in [9.17, 15) is 0 Å². The Bertz CT molecular complexity index is 3510. The molecule has 0 bridgehead atoms. The molecule has 0 atom stereocenters. The molecule has 0 aliphatic heterocycles. The molecule has 0 unspecified atom stereocenters. The standard InChI is InChI=1S/C54H33NO2S/c1-4-14-34(15-5-1)39-27-28-40(35-16-6-2-7-17-35)53-51(39)45-32-37(25-31-48(45)57-53)55(38-24-26-43-42-20-10-12-22-47(42)56-49(43)33-38)46-30-29-41(36-18-8-3-9-19-36)54-52(46)44-21-11-13-23-50(44)58-54/h1-33H. The Morgan fingerprint density at radius 3 is 1.71 bits per heavy atom. The van der Waals surface area contributed by atoms with Crippen LogP contribution in [0.15, 0.2) is 209 Å². The minimum Gasteiger partial charge on any atom is -0.456 e. The quantitative estimate of drug-likeness (QED) is 0.169. The molecule has 12 rings (SSSR count). The monoisotopic (exact) mass is 759 g/mol. The van der Waals surface area contributed by atoms with Crippen molar-refractivity contribution >= 4 is 92.4 Å². The van der Waals surface area contributed by atoms with Gasteiger partial charge in [-0.3, -0.25) is 0 Å². The SMILES string of the molecule is c1ccc(-c2ccc(-c3ccccc3)c3c2oc2ccc(N(c4ccc5c(c4)oc4ccccc45)c4ccc(-c5ccccc5)c5sc6ccccc6c45)cc23)cc1. The molecule has 272 valence electrons. The van der Waals surface area contributed by atoms with Crippen molar-refractivity contribution in [1.29, 1.82) is 0 Å². The summed E-state index contributed by atoms with van der Waals surface area (Å²) in [6.07, 6.45) is 0. The van der Waals surface area contributed by atoms with Gasteiger partial charge in [-0.05, 0) is 82.4 Å². The first kappa shape index (κ1) is 32.8. The summed E-state index contributed by atoms with van der Waals surface area (Å²) in [7, 11) is 0. The highest BCUT2D eigenvalue weighted by Crippen LogP contribution is 2.50. The van der Waals surface area contributed by atoms with Gasteiger partial charge >= 0.3 is 0 Å². The van der Waals surface area contributed by atoms with Gasteiger partial charge < -0.3 is 13.7 Å². The number of benzene rings is 9. The zero-order valence-electron chi connectivity index (χ0n) is 31.2. The molecule has 58 heavy (non-hydrogen) atoms. The Labute approximate surface area is 338 Å². The van der Waals surface area contributed by atoms with Gasteiger partial charge in [0.15, 0.2) is 0 Å². The average molecular weight is 760 g/mol. The van der Waals surface area contributed by atoms with Crippen LogP contribution in [0.3, 0.4) is 0 Å². The summed E-state index contributed by atoms with van der Waals surface area (Å²) in [6.45, 7) is 0. The molecule has 3 nitrogen and oxygen atoms in total. The second kappa shape index (κ2) is 13.1. The van der Waals surface area contributed by atoms with Crippen LogP contribution < -0.4 is 4.90 Å². The highest BCUT2D eigenvalue weighted by atomic mass is 32.1. The number of para-hydroxylation sites is 1. The Kier molecular flexibility index (Phi) is 7.40. The zero-order valence-corrected chi connectivity index (χ0v) is 32.0. The predicted octanol–water partition coefficient (Wildman–Crippen LogP) is 16.3. The summed E-state index contributed by atoms with van der Waals surface area (Å²) in [5, 5.41) is 6.83. The summed E-state index contributed by atoms with van der Waals surface area (Å²) < 4.78 is 15.9. The van der Waals surface area contributed by atoms with E-state index < -0.39 is 0 Å². The number of hydrogen-bond acceptors (Lipinski definition) is 4. The number of nitrogens with zero attached hydrogens (tertiary/aromatic N) is 1. The lowest BCUT2D eigenvalue weighted by molar-refractivity contribution is 0.668. The van der Waals surface area contributed by atoms with Gasteiger partial charge in [0.1, 0.15) is 22.3 Å². The van der Waals surface area contributed by atoms with Gasteiger partial charge in [-0.2, -0.15) is 0 Å². The van der Waals surface area contributed by atoms with Crippen LogP contribution in [-0.4, -0.2) is 0 Å². The van der Waals surface area contributed by atoms with Crippen LogP contribution in [0, 0.1) is 0 Å². The summed E-state index contributed by atoms with van der Waals surface area (Å²) in [5.74, 6) is 0. The smallest absolute Gasteiger partial charge is 0.143 e. The predicted molar refractivity (Wildman–Crippen MR) is 245 cm³/mol.